The zero-order valence-electron chi connectivity index (χ0n) is 25.4. The Kier molecular flexibility index (Phi) is 8.60. The lowest BCUT2D eigenvalue weighted by Gasteiger charge is -2.38. The largest absolute Gasteiger partial charge is 0.490 e. The van der Waals surface area contributed by atoms with Crippen LogP contribution in [0.2, 0.25) is 10.0 Å². The van der Waals surface area contributed by atoms with Crippen molar-refractivity contribution in [3.8, 4) is 5.75 Å². The average molecular weight is 701 g/mol. The number of esters is 1. The molecule has 1 spiro atoms. The summed E-state index contributed by atoms with van der Waals surface area (Å²) in [7, 11) is 2.15. The molecule has 1 saturated heterocycles. The fourth-order valence-electron chi connectivity index (χ4n) is 7.26. The highest BCUT2D eigenvalue weighted by atomic mass is 35.5. The summed E-state index contributed by atoms with van der Waals surface area (Å²) in [6.07, 6.45) is 0.815. The quantitative estimate of drug-likeness (QED) is 0.118. The Morgan fingerprint density at radius 2 is 1.79 bits per heavy atom. The summed E-state index contributed by atoms with van der Waals surface area (Å²) in [4.78, 5) is 66.4. The van der Waals surface area contributed by atoms with Crippen LogP contribution in [0.1, 0.15) is 57.0 Å². The van der Waals surface area contributed by atoms with Crippen molar-refractivity contribution in [1.82, 2.24) is 4.90 Å². The second-order valence-electron chi connectivity index (χ2n) is 11.9. The van der Waals surface area contributed by atoms with Crippen molar-refractivity contribution in [2.24, 2.45) is 5.92 Å². The molecule has 0 bridgehead atoms. The van der Waals surface area contributed by atoms with Crippen LogP contribution < -0.4 is 10.1 Å². The topological polar surface area (TPSA) is 171 Å². The Morgan fingerprint density at radius 1 is 1.08 bits per heavy atom. The fourth-order valence-corrected chi connectivity index (χ4v) is 7.61. The summed E-state index contributed by atoms with van der Waals surface area (Å²) in [5.74, 6) is -5.51. The van der Waals surface area contributed by atoms with Crippen LogP contribution >= 0.6 is 23.2 Å². The molecule has 48 heavy (non-hydrogen) atoms. The number of anilines is 1. The van der Waals surface area contributed by atoms with Gasteiger partial charge in [-0.05, 0) is 49.1 Å². The van der Waals surface area contributed by atoms with E-state index >= 15 is 4.39 Å². The molecule has 13 nitrogen and oxygen atoms in total. The molecule has 0 aromatic heterocycles. The number of methoxy groups -OCH3 is 2. The zero-order valence-corrected chi connectivity index (χ0v) is 26.9. The van der Waals surface area contributed by atoms with E-state index in [4.69, 9.17) is 32.7 Å². The van der Waals surface area contributed by atoms with E-state index in [9.17, 15) is 34.6 Å². The fraction of sp³-hybridized carbons (Fsp3) is 0.344. The lowest BCUT2D eigenvalue weighted by atomic mass is 9.73. The number of Topliss-reactive ketones (excluding diaryl/α,β-unsaturated/α-hetero) is 1. The van der Waals surface area contributed by atoms with Crippen molar-refractivity contribution >= 4 is 52.2 Å². The second kappa shape index (κ2) is 12.4. The number of rotatable bonds is 10. The number of halogens is 3. The van der Waals surface area contributed by atoms with Crippen molar-refractivity contribution in [2.75, 3.05) is 26.1 Å². The Bertz CT molecular complexity index is 1910. The van der Waals surface area contributed by atoms with Crippen LogP contribution in [-0.2, 0) is 15.1 Å². The number of ketones is 1. The van der Waals surface area contributed by atoms with E-state index in [1.165, 1.54) is 30.3 Å². The minimum atomic E-state index is -1.89. The summed E-state index contributed by atoms with van der Waals surface area (Å²) < 4.78 is 25.9. The molecule has 3 aliphatic rings. The van der Waals surface area contributed by atoms with Crippen LogP contribution in [0, 0.1) is 32.0 Å². The maximum atomic E-state index is 16.0. The van der Waals surface area contributed by atoms with Gasteiger partial charge in [-0.3, -0.25) is 34.7 Å². The molecule has 2 heterocycles. The molecule has 1 N–H and O–H groups in total. The number of fused-ring (bicyclic) bond motifs is 2. The van der Waals surface area contributed by atoms with E-state index in [-0.39, 0.29) is 39.3 Å². The third-order valence-corrected chi connectivity index (χ3v) is 9.88. The lowest BCUT2D eigenvalue weighted by molar-refractivity contribution is -0.528. The number of carbonyl (C=O) groups excluding carboxylic acids is 3. The van der Waals surface area contributed by atoms with Crippen molar-refractivity contribution in [3.63, 3.8) is 0 Å². The highest BCUT2D eigenvalue weighted by molar-refractivity contribution is 6.31. The number of nitrogens with zero attached hydrogens (tertiary/aromatic N) is 3. The smallest absolute Gasteiger partial charge is 0.341 e. The van der Waals surface area contributed by atoms with Crippen molar-refractivity contribution in [2.45, 2.75) is 42.8 Å². The Labute approximate surface area is 282 Å². The molecule has 6 rings (SSSR count). The maximum Gasteiger partial charge on any atom is 0.341 e. The maximum absolute atomic E-state index is 16.0. The standard InChI is InChI=1S/C32H27Cl2FN4O9/c1-47-29-19(30(41)48-2)10-9-17(27(29)38(43)44)24(40)13-23-28(39(45)46)25(18-4-3-5-21(34)26(18)35)32(37(23)14-15-6-7-15)20-11-8-16(33)12-22(20)36-31(32)42/h3-5,8-12,15,23,25,28H,6-7,13-14H2,1-2H3,(H,36,42)/t23-,25-,28+,32+/m0/s1. The highest BCUT2D eigenvalue weighted by Crippen LogP contribution is 2.60. The number of nitro groups is 2. The minimum absolute atomic E-state index is 0.00718. The average Bonchev–Trinajstić information content (AvgIpc) is 3.77. The summed E-state index contributed by atoms with van der Waals surface area (Å²) in [6.45, 7) is 0.128. The Balaban J connectivity index is 1.58. The van der Waals surface area contributed by atoms with Gasteiger partial charge in [0, 0.05) is 39.7 Å². The number of benzene rings is 3. The molecule has 16 heteroatoms. The van der Waals surface area contributed by atoms with E-state index in [0.29, 0.717) is 5.56 Å². The van der Waals surface area contributed by atoms with Gasteiger partial charge in [-0.2, -0.15) is 0 Å². The van der Waals surface area contributed by atoms with Crippen molar-refractivity contribution in [3.05, 3.63) is 107 Å². The number of nitro benzene ring substituents is 1. The predicted molar refractivity (Wildman–Crippen MR) is 170 cm³/mol. The molecular weight excluding hydrogens is 674 g/mol. The van der Waals surface area contributed by atoms with Crippen LogP contribution in [0.25, 0.3) is 0 Å². The number of nitrogens with one attached hydrogen (secondary N) is 1. The summed E-state index contributed by atoms with van der Waals surface area (Å²) in [6, 6.07) is 7.62. The molecule has 3 aromatic rings. The van der Waals surface area contributed by atoms with Crippen LogP contribution in [-0.4, -0.2) is 65.3 Å². The molecule has 0 unspecified atom stereocenters. The van der Waals surface area contributed by atoms with Crippen molar-refractivity contribution in [1.29, 1.82) is 0 Å². The first-order chi connectivity index (χ1) is 22.9. The van der Waals surface area contributed by atoms with Gasteiger partial charge in [-0.1, -0.05) is 41.4 Å². The summed E-state index contributed by atoms with van der Waals surface area (Å²) in [5.41, 5.74) is -3.14. The zero-order chi connectivity index (χ0) is 34.7. The molecule has 4 atom stereocenters. The SMILES string of the molecule is COC(=O)c1ccc(C(=O)C[C@H]2[C@@H]([N+](=O)[O-])[C@H](c3cccc(Cl)c3F)[C@]3(C(=O)Nc4cc(Cl)ccc43)N2CC2CC2)c([N+](=O)[O-])c1OC. The number of hydrogen-bond donors (Lipinski definition) is 1. The molecule has 1 saturated carbocycles. The van der Waals surface area contributed by atoms with Crippen molar-refractivity contribution < 1.29 is 38.1 Å². The molecule has 250 valence electrons. The Hall–Kier alpha value is -4.66. The van der Waals surface area contributed by atoms with Gasteiger partial charge in [0.1, 0.15) is 16.9 Å². The van der Waals surface area contributed by atoms with E-state index in [1.807, 2.05) is 0 Å². The number of amides is 1. The number of carbonyl (C=O) groups is 3. The minimum Gasteiger partial charge on any atom is -0.490 e. The van der Waals surface area contributed by atoms with Gasteiger partial charge in [-0.25, -0.2) is 9.18 Å². The van der Waals surface area contributed by atoms with Gasteiger partial charge in [0.2, 0.25) is 11.8 Å². The van der Waals surface area contributed by atoms with E-state index in [2.05, 4.69) is 5.32 Å². The van der Waals surface area contributed by atoms with Crippen LogP contribution in [0.3, 0.4) is 0 Å². The van der Waals surface area contributed by atoms with Gasteiger partial charge < -0.3 is 14.8 Å². The third kappa shape index (κ3) is 5.15. The highest BCUT2D eigenvalue weighted by Gasteiger charge is 2.71. The van der Waals surface area contributed by atoms with Crippen LogP contribution in [0.15, 0.2) is 48.5 Å². The molecule has 1 amide bonds. The molecule has 2 aliphatic heterocycles. The monoisotopic (exact) mass is 700 g/mol. The van der Waals surface area contributed by atoms with Crippen LogP contribution in [0.5, 0.6) is 5.75 Å². The van der Waals surface area contributed by atoms with Gasteiger partial charge in [-0.15, -0.1) is 0 Å². The molecular formula is C32H27Cl2FN4O9. The third-order valence-electron chi connectivity index (χ3n) is 9.36. The first-order valence-electron chi connectivity index (χ1n) is 14.8. The lowest BCUT2D eigenvalue weighted by Crippen LogP contribution is -2.53. The molecule has 1 aliphatic carbocycles. The van der Waals surface area contributed by atoms with Gasteiger partial charge in [0.15, 0.2) is 5.78 Å². The summed E-state index contributed by atoms with van der Waals surface area (Å²) in [5, 5.41) is 28.2. The molecule has 2 fully saturated rings. The normalized spacial score (nSPS) is 23.1. The number of ether oxygens (including phenoxy) is 2. The van der Waals surface area contributed by atoms with Gasteiger partial charge >= 0.3 is 11.7 Å². The summed E-state index contributed by atoms with van der Waals surface area (Å²) >= 11 is 12.4. The van der Waals surface area contributed by atoms with E-state index in [1.54, 1.807) is 11.0 Å². The van der Waals surface area contributed by atoms with Gasteiger partial charge in [0.05, 0.1) is 41.7 Å². The number of hydrogen-bond acceptors (Lipinski definition) is 10. The molecule has 3 aromatic carbocycles. The van der Waals surface area contributed by atoms with Crippen LogP contribution in [0.4, 0.5) is 15.8 Å². The van der Waals surface area contributed by atoms with E-state index in [0.717, 1.165) is 39.2 Å². The second-order valence-corrected chi connectivity index (χ2v) is 12.7. The number of likely N-dealkylation sites (tertiary alicyclic amines) is 1. The first kappa shape index (κ1) is 33.2. The van der Waals surface area contributed by atoms with Gasteiger partial charge in [0.25, 0.3) is 5.91 Å². The Morgan fingerprint density at radius 3 is 2.42 bits per heavy atom. The molecule has 0 radical (unpaired) electrons. The van der Waals surface area contributed by atoms with E-state index < -0.39 is 80.3 Å². The predicted octanol–water partition coefficient (Wildman–Crippen LogP) is 5.78. The first-order valence-corrected chi connectivity index (χ1v) is 15.5.